The van der Waals surface area contributed by atoms with E-state index in [1.165, 1.54) is 0 Å². The van der Waals surface area contributed by atoms with Crippen LogP contribution in [0.25, 0.3) is 11.5 Å². The number of thiophene rings is 1. The Bertz CT molecular complexity index is 664. The zero-order chi connectivity index (χ0) is 16.3. The number of amides is 1. The molecule has 0 aliphatic heterocycles. The standard InChI is InChI=1S/C15H20N2O3S2/c1-10(9-22(4)19)17(3)14(18)7-13-11(2)20-15(16-13)12-5-6-21-8-12/h5-6,8,10H,7,9H2,1-4H3/t10-,22-/m1/s1. The third-order valence-corrected chi connectivity index (χ3v) is 5.14. The fourth-order valence-electron chi connectivity index (χ4n) is 2.07. The molecule has 0 bridgehead atoms. The monoisotopic (exact) mass is 340 g/mol. The van der Waals surface area contributed by atoms with Gasteiger partial charge in [0.1, 0.15) is 5.76 Å². The maximum absolute atomic E-state index is 12.3. The fourth-order valence-corrected chi connectivity index (χ4v) is 3.60. The second kappa shape index (κ2) is 7.19. The highest BCUT2D eigenvalue weighted by Crippen LogP contribution is 2.24. The predicted octanol–water partition coefficient (Wildman–Crippen LogP) is 2.48. The van der Waals surface area contributed by atoms with Gasteiger partial charge in [0, 0.05) is 46.8 Å². The van der Waals surface area contributed by atoms with Gasteiger partial charge in [-0.25, -0.2) is 4.98 Å². The molecule has 0 spiro atoms. The average Bonchev–Trinajstić information content (AvgIpc) is 3.07. The van der Waals surface area contributed by atoms with Gasteiger partial charge in [-0.05, 0) is 25.3 Å². The Morgan fingerprint density at radius 3 is 2.86 bits per heavy atom. The molecule has 0 aliphatic rings. The lowest BCUT2D eigenvalue weighted by molar-refractivity contribution is -0.130. The van der Waals surface area contributed by atoms with Gasteiger partial charge in [0.25, 0.3) is 0 Å². The van der Waals surface area contributed by atoms with Crippen molar-refractivity contribution in [1.29, 1.82) is 0 Å². The van der Waals surface area contributed by atoms with Crippen molar-refractivity contribution in [1.82, 2.24) is 9.88 Å². The summed E-state index contributed by atoms with van der Waals surface area (Å²) in [5, 5.41) is 3.92. The Morgan fingerprint density at radius 1 is 1.55 bits per heavy atom. The smallest absolute Gasteiger partial charge is 0.228 e. The third-order valence-electron chi connectivity index (χ3n) is 3.51. The van der Waals surface area contributed by atoms with Crippen LogP contribution in [0, 0.1) is 6.92 Å². The highest BCUT2D eigenvalue weighted by atomic mass is 32.2. The van der Waals surface area contributed by atoms with Crippen LogP contribution in [0.4, 0.5) is 0 Å². The van der Waals surface area contributed by atoms with Crippen LogP contribution in [0.5, 0.6) is 0 Å². The van der Waals surface area contributed by atoms with Crippen molar-refractivity contribution < 1.29 is 13.4 Å². The minimum atomic E-state index is -0.927. The van der Waals surface area contributed by atoms with Crippen molar-refractivity contribution in [2.75, 3.05) is 19.1 Å². The van der Waals surface area contributed by atoms with E-state index in [0.717, 1.165) is 5.56 Å². The van der Waals surface area contributed by atoms with Crippen LogP contribution in [0.3, 0.4) is 0 Å². The van der Waals surface area contributed by atoms with Crippen LogP contribution in [-0.4, -0.2) is 45.1 Å². The topological polar surface area (TPSA) is 63.4 Å². The van der Waals surface area contributed by atoms with E-state index in [2.05, 4.69) is 4.98 Å². The number of hydrogen-bond donors (Lipinski definition) is 0. The zero-order valence-corrected chi connectivity index (χ0v) is 14.8. The predicted molar refractivity (Wildman–Crippen MR) is 89.4 cm³/mol. The van der Waals surface area contributed by atoms with Gasteiger partial charge in [-0.1, -0.05) is 0 Å². The summed E-state index contributed by atoms with van der Waals surface area (Å²) < 4.78 is 16.9. The number of carbonyl (C=O) groups is 1. The van der Waals surface area contributed by atoms with Crippen LogP contribution in [0.1, 0.15) is 18.4 Å². The summed E-state index contributed by atoms with van der Waals surface area (Å²) in [5.74, 6) is 1.63. The van der Waals surface area contributed by atoms with Gasteiger partial charge in [0.05, 0.1) is 12.1 Å². The molecule has 0 unspecified atom stereocenters. The number of carbonyl (C=O) groups excluding carboxylic acids is 1. The van der Waals surface area contributed by atoms with E-state index in [0.29, 0.717) is 23.1 Å². The van der Waals surface area contributed by atoms with Crippen LogP contribution < -0.4 is 0 Å². The van der Waals surface area contributed by atoms with Crippen LogP contribution in [0.15, 0.2) is 21.2 Å². The molecule has 5 nitrogen and oxygen atoms in total. The van der Waals surface area contributed by atoms with Crippen molar-refractivity contribution in [3.8, 4) is 11.5 Å². The number of aryl methyl sites for hydroxylation is 1. The lowest BCUT2D eigenvalue weighted by Crippen LogP contribution is -2.39. The van der Waals surface area contributed by atoms with Gasteiger partial charge in [0.15, 0.2) is 0 Å². The number of rotatable bonds is 6. The van der Waals surface area contributed by atoms with Crippen LogP contribution in [0.2, 0.25) is 0 Å². The SMILES string of the molecule is Cc1oc(-c2ccsc2)nc1CC(=O)N(C)[C@H](C)C[S@@](C)=O. The van der Waals surface area contributed by atoms with Gasteiger partial charge < -0.3 is 9.32 Å². The number of aromatic nitrogens is 1. The normalized spacial score (nSPS) is 13.8. The van der Waals surface area contributed by atoms with E-state index in [1.54, 1.807) is 29.5 Å². The molecule has 2 aromatic rings. The molecule has 0 radical (unpaired) electrons. The molecule has 0 saturated heterocycles. The summed E-state index contributed by atoms with van der Waals surface area (Å²) in [6.45, 7) is 3.71. The summed E-state index contributed by atoms with van der Waals surface area (Å²) in [5.41, 5.74) is 1.58. The van der Waals surface area contributed by atoms with Crippen molar-refractivity contribution >= 4 is 28.0 Å². The lowest BCUT2D eigenvalue weighted by Gasteiger charge is -2.23. The summed E-state index contributed by atoms with van der Waals surface area (Å²) in [6, 6.07) is 1.87. The van der Waals surface area contributed by atoms with E-state index >= 15 is 0 Å². The quantitative estimate of drug-likeness (QED) is 0.810. The number of hydrogen-bond acceptors (Lipinski definition) is 5. The molecular formula is C15H20N2O3S2. The van der Waals surface area contributed by atoms with E-state index < -0.39 is 10.8 Å². The first-order valence-corrected chi connectivity index (χ1v) is 9.60. The van der Waals surface area contributed by atoms with Crippen molar-refractivity contribution in [3.05, 3.63) is 28.3 Å². The van der Waals surface area contributed by atoms with E-state index in [-0.39, 0.29) is 18.4 Å². The second-order valence-electron chi connectivity index (χ2n) is 5.30. The number of oxazole rings is 1. The summed E-state index contributed by atoms with van der Waals surface area (Å²) in [7, 11) is 0.804. The van der Waals surface area contributed by atoms with Gasteiger partial charge >= 0.3 is 0 Å². The largest absolute Gasteiger partial charge is 0.441 e. The van der Waals surface area contributed by atoms with Gasteiger partial charge in [-0.3, -0.25) is 9.00 Å². The first-order chi connectivity index (χ1) is 10.4. The minimum Gasteiger partial charge on any atom is -0.441 e. The van der Waals surface area contributed by atoms with E-state index in [4.69, 9.17) is 4.42 Å². The maximum atomic E-state index is 12.3. The summed E-state index contributed by atoms with van der Waals surface area (Å²) in [4.78, 5) is 18.4. The van der Waals surface area contributed by atoms with Crippen LogP contribution in [-0.2, 0) is 22.0 Å². The maximum Gasteiger partial charge on any atom is 0.228 e. The molecule has 2 rings (SSSR count). The molecule has 2 aromatic heterocycles. The molecular weight excluding hydrogens is 320 g/mol. The molecule has 22 heavy (non-hydrogen) atoms. The lowest BCUT2D eigenvalue weighted by atomic mass is 10.2. The Balaban J connectivity index is 2.07. The molecule has 0 N–H and O–H groups in total. The van der Waals surface area contributed by atoms with E-state index in [1.807, 2.05) is 30.7 Å². The highest BCUT2D eigenvalue weighted by Gasteiger charge is 2.20. The molecule has 2 atom stereocenters. The molecule has 2 heterocycles. The van der Waals surface area contributed by atoms with E-state index in [9.17, 15) is 9.00 Å². The number of nitrogens with zero attached hydrogens (tertiary/aromatic N) is 2. The molecule has 0 fully saturated rings. The Labute approximate surface area is 136 Å². The number of likely N-dealkylation sites (N-methyl/N-ethyl adjacent to an activating group) is 1. The highest BCUT2D eigenvalue weighted by molar-refractivity contribution is 7.84. The van der Waals surface area contributed by atoms with Crippen molar-refractivity contribution in [2.24, 2.45) is 0 Å². The average molecular weight is 340 g/mol. The molecule has 7 heteroatoms. The summed E-state index contributed by atoms with van der Waals surface area (Å²) in [6.07, 6.45) is 1.83. The second-order valence-corrected chi connectivity index (χ2v) is 7.56. The third kappa shape index (κ3) is 4.04. The van der Waals surface area contributed by atoms with Gasteiger partial charge in [-0.15, -0.1) is 0 Å². The molecule has 1 amide bonds. The van der Waals surface area contributed by atoms with Crippen molar-refractivity contribution in [3.63, 3.8) is 0 Å². The van der Waals surface area contributed by atoms with Crippen LogP contribution >= 0.6 is 11.3 Å². The molecule has 120 valence electrons. The Morgan fingerprint density at radius 2 is 2.27 bits per heavy atom. The Kier molecular flexibility index (Phi) is 5.52. The molecule has 0 aliphatic carbocycles. The Hall–Kier alpha value is -1.47. The van der Waals surface area contributed by atoms with Gasteiger partial charge in [-0.2, -0.15) is 11.3 Å². The summed E-state index contributed by atoms with van der Waals surface area (Å²) >= 11 is 1.57. The zero-order valence-electron chi connectivity index (χ0n) is 13.2. The molecule has 0 saturated carbocycles. The fraction of sp³-hybridized carbons (Fsp3) is 0.467. The molecule has 0 aromatic carbocycles. The van der Waals surface area contributed by atoms with Gasteiger partial charge in [0.2, 0.25) is 11.8 Å². The first-order valence-electron chi connectivity index (χ1n) is 6.93. The minimum absolute atomic E-state index is 0.0498. The van der Waals surface area contributed by atoms with Crippen molar-refractivity contribution in [2.45, 2.75) is 26.3 Å². The first kappa shape index (κ1) is 16.9.